The van der Waals surface area contributed by atoms with Gasteiger partial charge in [0.1, 0.15) is 18.2 Å². The molecule has 0 N–H and O–H groups in total. The number of nitro groups is 1. The van der Waals surface area contributed by atoms with Gasteiger partial charge in [0.25, 0.3) is 0 Å². The van der Waals surface area contributed by atoms with Crippen LogP contribution in [0.3, 0.4) is 0 Å². The zero-order valence-electron chi connectivity index (χ0n) is 14.7. The number of aromatic nitrogens is 5. The molecule has 0 radical (unpaired) electrons. The molecule has 0 unspecified atom stereocenters. The molecule has 0 amide bonds. The molecule has 0 bridgehead atoms. The van der Waals surface area contributed by atoms with Gasteiger partial charge in [-0.3, -0.25) is 14.7 Å². The summed E-state index contributed by atoms with van der Waals surface area (Å²) in [6.07, 6.45) is 3.95. The smallest absolute Gasteiger partial charge is 0.305 e. The molecule has 4 aromatic rings. The Morgan fingerprint density at radius 1 is 1.18 bits per heavy atom. The Balaban J connectivity index is 1.71. The standard InChI is InChI=1S/C18H14N6O3S/c1-12-4-2-5-13(8-12)16-21-22-18(23(16)11-15-6-3-7-27-15)28-17-19-9-14(10-20-17)24(25)26/h2-10H,11H2,1H3. The average Bonchev–Trinajstić information content (AvgIpc) is 3.33. The molecule has 0 fully saturated rings. The normalized spacial score (nSPS) is 10.9. The summed E-state index contributed by atoms with van der Waals surface area (Å²) in [5, 5.41) is 20.3. The maximum Gasteiger partial charge on any atom is 0.305 e. The molecular weight excluding hydrogens is 380 g/mol. The second kappa shape index (κ2) is 7.61. The molecular formula is C18H14N6O3S. The van der Waals surface area contributed by atoms with E-state index in [1.807, 2.05) is 47.9 Å². The highest BCUT2D eigenvalue weighted by molar-refractivity contribution is 7.99. The molecule has 0 atom stereocenters. The van der Waals surface area contributed by atoms with Crippen molar-refractivity contribution in [3.63, 3.8) is 0 Å². The summed E-state index contributed by atoms with van der Waals surface area (Å²) in [5.74, 6) is 1.43. The fourth-order valence-corrected chi connectivity index (χ4v) is 3.32. The molecule has 0 spiro atoms. The fourth-order valence-electron chi connectivity index (χ4n) is 2.60. The van der Waals surface area contributed by atoms with Crippen LogP contribution >= 0.6 is 11.8 Å². The highest BCUT2D eigenvalue weighted by Gasteiger charge is 2.18. The fraction of sp³-hybridized carbons (Fsp3) is 0.111. The number of hydrogen-bond donors (Lipinski definition) is 0. The first-order valence-electron chi connectivity index (χ1n) is 8.27. The van der Waals surface area contributed by atoms with E-state index in [2.05, 4.69) is 20.2 Å². The molecule has 0 saturated carbocycles. The van der Waals surface area contributed by atoms with E-state index in [1.165, 1.54) is 24.2 Å². The Kier molecular flexibility index (Phi) is 4.85. The minimum absolute atomic E-state index is 0.165. The van der Waals surface area contributed by atoms with Crippen LogP contribution in [-0.2, 0) is 6.54 Å². The quantitative estimate of drug-likeness (QED) is 0.276. The lowest BCUT2D eigenvalue weighted by molar-refractivity contribution is -0.385. The number of hydrogen-bond acceptors (Lipinski definition) is 8. The van der Waals surface area contributed by atoms with E-state index in [0.29, 0.717) is 22.7 Å². The van der Waals surface area contributed by atoms with Crippen LogP contribution in [0, 0.1) is 17.0 Å². The van der Waals surface area contributed by atoms with Crippen molar-refractivity contribution >= 4 is 17.4 Å². The second-order valence-corrected chi connectivity index (χ2v) is 6.86. The topological polar surface area (TPSA) is 113 Å². The molecule has 0 aliphatic carbocycles. The number of furan rings is 1. The van der Waals surface area contributed by atoms with Gasteiger partial charge in [-0.25, -0.2) is 9.97 Å². The molecule has 0 aliphatic rings. The predicted octanol–water partition coefficient (Wildman–Crippen LogP) is 3.74. The average molecular weight is 394 g/mol. The van der Waals surface area contributed by atoms with Crippen LogP contribution < -0.4 is 0 Å². The Morgan fingerprint density at radius 2 is 2.00 bits per heavy atom. The van der Waals surface area contributed by atoms with Crippen molar-refractivity contribution in [1.29, 1.82) is 0 Å². The van der Waals surface area contributed by atoms with E-state index in [-0.39, 0.29) is 5.69 Å². The van der Waals surface area contributed by atoms with Crippen LogP contribution in [0.1, 0.15) is 11.3 Å². The molecule has 1 aromatic carbocycles. The summed E-state index contributed by atoms with van der Waals surface area (Å²) in [5.41, 5.74) is 1.87. The van der Waals surface area contributed by atoms with Gasteiger partial charge in [0, 0.05) is 5.56 Å². The number of rotatable bonds is 6. The Labute approximate surface area is 163 Å². The third kappa shape index (κ3) is 3.76. The summed E-state index contributed by atoms with van der Waals surface area (Å²) >= 11 is 1.18. The first-order valence-corrected chi connectivity index (χ1v) is 9.09. The van der Waals surface area contributed by atoms with Crippen LogP contribution in [0.5, 0.6) is 0 Å². The van der Waals surface area contributed by atoms with Crippen LogP contribution in [0.2, 0.25) is 0 Å². The van der Waals surface area contributed by atoms with Gasteiger partial charge in [-0.05, 0) is 36.9 Å². The summed E-state index contributed by atoms with van der Waals surface area (Å²) in [6.45, 7) is 2.44. The zero-order chi connectivity index (χ0) is 19.5. The molecule has 4 rings (SSSR count). The monoisotopic (exact) mass is 394 g/mol. The molecule has 0 aliphatic heterocycles. The van der Waals surface area contributed by atoms with Crippen LogP contribution in [0.15, 0.2) is 69.8 Å². The van der Waals surface area contributed by atoms with Crippen molar-refractivity contribution in [2.24, 2.45) is 0 Å². The van der Waals surface area contributed by atoms with Crippen LogP contribution in [0.4, 0.5) is 5.69 Å². The highest BCUT2D eigenvalue weighted by Crippen LogP contribution is 2.29. The lowest BCUT2D eigenvalue weighted by Crippen LogP contribution is -2.04. The minimum Gasteiger partial charge on any atom is -0.467 e. The second-order valence-electron chi connectivity index (χ2n) is 5.92. The van der Waals surface area contributed by atoms with Crippen LogP contribution in [0.25, 0.3) is 11.4 Å². The SMILES string of the molecule is Cc1cccc(-c2nnc(Sc3ncc([N+](=O)[O-])cn3)n2Cc2ccco2)c1. The van der Waals surface area contributed by atoms with Crippen molar-refractivity contribution < 1.29 is 9.34 Å². The van der Waals surface area contributed by atoms with Gasteiger partial charge in [-0.1, -0.05) is 23.8 Å². The van der Waals surface area contributed by atoms with E-state index in [1.54, 1.807) is 6.26 Å². The Morgan fingerprint density at radius 3 is 2.68 bits per heavy atom. The summed E-state index contributed by atoms with van der Waals surface area (Å²) in [6, 6.07) is 11.7. The van der Waals surface area contributed by atoms with E-state index in [0.717, 1.165) is 16.9 Å². The van der Waals surface area contributed by atoms with Gasteiger partial charge < -0.3 is 4.42 Å². The maximum atomic E-state index is 10.8. The van der Waals surface area contributed by atoms with Crippen molar-refractivity contribution in [2.75, 3.05) is 0 Å². The largest absolute Gasteiger partial charge is 0.467 e. The Hall–Kier alpha value is -3.53. The first kappa shape index (κ1) is 17.9. The lowest BCUT2D eigenvalue weighted by Gasteiger charge is -2.08. The first-order chi connectivity index (χ1) is 13.6. The van der Waals surface area contributed by atoms with Gasteiger partial charge >= 0.3 is 5.69 Å². The molecule has 9 nitrogen and oxygen atoms in total. The van der Waals surface area contributed by atoms with E-state index in [9.17, 15) is 10.1 Å². The molecule has 0 saturated heterocycles. The van der Waals surface area contributed by atoms with Gasteiger partial charge in [0.05, 0.1) is 17.7 Å². The summed E-state index contributed by atoms with van der Waals surface area (Å²) in [7, 11) is 0. The van der Waals surface area contributed by atoms with Crippen molar-refractivity contribution in [3.05, 3.63) is 76.5 Å². The number of aryl methyl sites for hydroxylation is 1. The molecule has 10 heteroatoms. The van der Waals surface area contributed by atoms with Crippen LogP contribution in [-0.4, -0.2) is 29.7 Å². The number of benzene rings is 1. The third-order valence-electron chi connectivity index (χ3n) is 3.90. The maximum absolute atomic E-state index is 10.8. The van der Waals surface area contributed by atoms with E-state index < -0.39 is 4.92 Å². The molecule has 3 heterocycles. The minimum atomic E-state index is -0.538. The van der Waals surface area contributed by atoms with Crippen molar-refractivity contribution in [1.82, 2.24) is 24.7 Å². The van der Waals surface area contributed by atoms with Gasteiger partial charge in [-0.15, -0.1) is 10.2 Å². The van der Waals surface area contributed by atoms with Gasteiger partial charge in [0.2, 0.25) is 0 Å². The van der Waals surface area contributed by atoms with Crippen molar-refractivity contribution in [3.8, 4) is 11.4 Å². The van der Waals surface area contributed by atoms with Gasteiger partial charge in [-0.2, -0.15) is 0 Å². The Bertz CT molecular complexity index is 1110. The zero-order valence-corrected chi connectivity index (χ0v) is 15.5. The summed E-state index contributed by atoms with van der Waals surface area (Å²) in [4.78, 5) is 18.3. The van der Waals surface area contributed by atoms with E-state index >= 15 is 0 Å². The number of nitrogens with zero attached hydrogens (tertiary/aromatic N) is 6. The van der Waals surface area contributed by atoms with Crippen molar-refractivity contribution in [2.45, 2.75) is 23.8 Å². The summed E-state index contributed by atoms with van der Waals surface area (Å²) < 4.78 is 7.38. The lowest BCUT2D eigenvalue weighted by atomic mass is 10.1. The highest BCUT2D eigenvalue weighted by atomic mass is 32.2. The third-order valence-corrected chi connectivity index (χ3v) is 4.77. The molecule has 140 valence electrons. The molecule has 3 aromatic heterocycles. The molecule has 28 heavy (non-hydrogen) atoms. The van der Waals surface area contributed by atoms with E-state index in [4.69, 9.17) is 4.42 Å². The van der Waals surface area contributed by atoms with Gasteiger partial charge in [0.15, 0.2) is 16.1 Å². The predicted molar refractivity (Wildman–Crippen MR) is 101 cm³/mol.